The molecule has 5 rings (SSSR count). The Bertz CT molecular complexity index is 1140. The lowest BCUT2D eigenvalue weighted by Gasteiger charge is -2.34. The zero-order valence-electron chi connectivity index (χ0n) is 16.2. The normalized spacial score (nSPS) is 17.0. The molecule has 5 nitrogen and oxygen atoms in total. The maximum atomic E-state index is 13.1. The summed E-state index contributed by atoms with van der Waals surface area (Å²) in [6.45, 7) is 0. The van der Waals surface area contributed by atoms with Gasteiger partial charge < -0.3 is 14.4 Å². The lowest BCUT2D eigenvalue weighted by atomic mass is 9.97. The van der Waals surface area contributed by atoms with Crippen molar-refractivity contribution in [3.05, 3.63) is 84.1 Å². The van der Waals surface area contributed by atoms with Crippen molar-refractivity contribution in [2.45, 2.75) is 6.23 Å². The first-order chi connectivity index (χ1) is 14.2. The molecule has 0 saturated carbocycles. The molecule has 0 fully saturated rings. The van der Waals surface area contributed by atoms with Crippen molar-refractivity contribution in [1.82, 2.24) is 0 Å². The molecule has 1 amide bonds. The minimum Gasteiger partial charge on any atom is -0.497 e. The van der Waals surface area contributed by atoms with Gasteiger partial charge >= 0.3 is 6.09 Å². The van der Waals surface area contributed by atoms with Crippen molar-refractivity contribution >= 4 is 23.5 Å². The number of carbonyl (C=O) groups is 1. The summed E-state index contributed by atoms with van der Waals surface area (Å²) in [5, 5.41) is 0. The van der Waals surface area contributed by atoms with E-state index in [0.717, 1.165) is 39.4 Å². The minimum atomic E-state index is -0.552. The van der Waals surface area contributed by atoms with E-state index in [1.807, 2.05) is 77.8 Å². The highest BCUT2D eigenvalue weighted by atomic mass is 16.6. The summed E-state index contributed by atoms with van der Waals surface area (Å²) in [6.07, 6.45) is 3.06. The van der Waals surface area contributed by atoms with Crippen LogP contribution in [0.3, 0.4) is 0 Å². The largest absolute Gasteiger partial charge is 0.497 e. The van der Waals surface area contributed by atoms with Crippen molar-refractivity contribution in [1.29, 1.82) is 0 Å². The molecule has 0 radical (unpaired) electrons. The van der Waals surface area contributed by atoms with Crippen LogP contribution >= 0.6 is 0 Å². The zero-order chi connectivity index (χ0) is 20.0. The molecule has 144 valence electrons. The first-order valence-corrected chi connectivity index (χ1v) is 9.44. The van der Waals surface area contributed by atoms with E-state index in [4.69, 9.17) is 9.47 Å². The second-order valence-corrected chi connectivity index (χ2v) is 7.05. The molecule has 29 heavy (non-hydrogen) atoms. The summed E-state index contributed by atoms with van der Waals surface area (Å²) in [5.74, 6) is 0.732. The van der Waals surface area contributed by atoms with Crippen LogP contribution in [0.25, 0.3) is 17.2 Å². The molecule has 0 N–H and O–H groups in total. The molecule has 0 spiro atoms. The van der Waals surface area contributed by atoms with Gasteiger partial charge in [-0.3, -0.25) is 4.90 Å². The van der Waals surface area contributed by atoms with Gasteiger partial charge in [0.25, 0.3) is 0 Å². The third-order valence-electron chi connectivity index (χ3n) is 5.45. The molecule has 0 aromatic heterocycles. The molecule has 2 heterocycles. The van der Waals surface area contributed by atoms with E-state index in [0.29, 0.717) is 0 Å². The highest BCUT2D eigenvalue weighted by Crippen LogP contribution is 2.45. The van der Waals surface area contributed by atoms with Gasteiger partial charge in [0, 0.05) is 29.9 Å². The van der Waals surface area contributed by atoms with Crippen LogP contribution in [0.4, 0.5) is 16.2 Å². The number of hydrogen-bond donors (Lipinski definition) is 0. The molecule has 2 aliphatic rings. The molecular weight excluding hydrogens is 364 g/mol. The summed E-state index contributed by atoms with van der Waals surface area (Å²) in [5.41, 5.74) is 5.63. The van der Waals surface area contributed by atoms with Crippen LogP contribution in [0.15, 0.2) is 72.9 Å². The van der Waals surface area contributed by atoms with Crippen molar-refractivity contribution in [2.75, 3.05) is 24.0 Å². The summed E-state index contributed by atoms with van der Waals surface area (Å²) in [7, 11) is 3.37. The Hall–Kier alpha value is -3.73. The van der Waals surface area contributed by atoms with Gasteiger partial charge in [0.15, 0.2) is 0 Å². The number of benzene rings is 3. The number of rotatable bonds is 1. The van der Waals surface area contributed by atoms with Gasteiger partial charge in [-0.25, -0.2) is 4.79 Å². The van der Waals surface area contributed by atoms with E-state index in [9.17, 15) is 4.79 Å². The average Bonchev–Trinajstić information content (AvgIpc) is 2.81. The van der Waals surface area contributed by atoms with Gasteiger partial charge in [-0.2, -0.15) is 0 Å². The van der Waals surface area contributed by atoms with Crippen molar-refractivity contribution in [3.8, 4) is 16.9 Å². The smallest absolute Gasteiger partial charge is 0.416 e. The Balaban J connectivity index is 1.78. The number of nitrogens with zero attached hydrogens (tertiary/aromatic N) is 2. The number of ether oxygens (including phenoxy) is 2. The van der Waals surface area contributed by atoms with Gasteiger partial charge in [0.2, 0.25) is 6.23 Å². The van der Waals surface area contributed by atoms with Crippen molar-refractivity contribution in [3.63, 3.8) is 0 Å². The van der Waals surface area contributed by atoms with E-state index in [-0.39, 0.29) is 0 Å². The van der Waals surface area contributed by atoms with Gasteiger partial charge in [-0.15, -0.1) is 0 Å². The molecule has 3 aromatic rings. The monoisotopic (exact) mass is 384 g/mol. The van der Waals surface area contributed by atoms with E-state index < -0.39 is 12.3 Å². The molecular formula is C24H20N2O3. The first-order valence-electron chi connectivity index (χ1n) is 9.44. The highest BCUT2D eigenvalue weighted by molar-refractivity contribution is 5.97. The second-order valence-electron chi connectivity index (χ2n) is 7.05. The third kappa shape index (κ3) is 2.74. The van der Waals surface area contributed by atoms with Crippen LogP contribution in [-0.4, -0.2) is 20.3 Å². The average molecular weight is 384 g/mol. The Morgan fingerprint density at radius 1 is 0.931 bits per heavy atom. The van der Waals surface area contributed by atoms with E-state index in [1.54, 1.807) is 19.1 Å². The van der Waals surface area contributed by atoms with E-state index in [1.165, 1.54) is 0 Å². The summed E-state index contributed by atoms with van der Waals surface area (Å²) >= 11 is 0. The molecule has 3 aromatic carbocycles. The van der Waals surface area contributed by atoms with Gasteiger partial charge in [-0.05, 0) is 35.9 Å². The standard InChI is InChI=1S/C24H20N2O3/c1-25-21-12-11-17(28-2)15-20(21)19-9-5-6-10-22(19)26-14-13-16-7-3-4-8-18(16)23(26)29-24(25)27/h3-15,23H,1-2H3/t23-/m0/s1. The van der Waals surface area contributed by atoms with Crippen LogP contribution in [0.5, 0.6) is 5.75 Å². The zero-order valence-corrected chi connectivity index (χ0v) is 16.2. The number of anilines is 2. The summed E-state index contributed by atoms with van der Waals surface area (Å²) in [6, 6.07) is 21.8. The molecule has 0 unspecified atom stereocenters. The number of carbonyl (C=O) groups excluding carboxylic acids is 1. The Morgan fingerprint density at radius 3 is 2.59 bits per heavy atom. The summed E-state index contributed by atoms with van der Waals surface area (Å²) in [4.78, 5) is 16.6. The number of amides is 1. The number of hydrogen-bond acceptors (Lipinski definition) is 4. The lowest BCUT2D eigenvalue weighted by molar-refractivity contribution is 0.107. The van der Waals surface area contributed by atoms with Crippen LogP contribution in [0.2, 0.25) is 0 Å². The topological polar surface area (TPSA) is 42.0 Å². The van der Waals surface area contributed by atoms with E-state index in [2.05, 4.69) is 6.07 Å². The third-order valence-corrected chi connectivity index (χ3v) is 5.45. The fourth-order valence-electron chi connectivity index (χ4n) is 3.95. The van der Waals surface area contributed by atoms with Crippen LogP contribution in [0, 0.1) is 0 Å². The van der Waals surface area contributed by atoms with Crippen molar-refractivity contribution < 1.29 is 14.3 Å². The van der Waals surface area contributed by atoms with Crippen LogP contribution in [-0.2, 0) is 4.74 Å². The summed E-state index contributed by atoms with van der Waals surface area (Å²) < 4.78 is 11.5. The second kappa shape index (κ2) is 6.71. The molecule has 0 aliphatic carbocycles. The minimum absolute atomic E-state index is 0.413. The quantitative estimate of drug-likeness (QED) is 0.560. The number of fused-ring (bicyclic) bond motifs is 7. The molecule has 0 bridgehead atoms. The van der Waals surface area contributed by atoms with Crippen molar-refractivity contribution in [2.24, 2.45) is 0 Å². The first kappa shape index (κ1) is 17.4. The number of para-hydroxylation sites is 1. The molecule has 2 aliphatic heterocycles. The maximum absolute atomic E-state index is 13.1. The lowest BCUT2D eigenvalue weighted by Crippen LogP contribution is -2.34. The van der Waals surface area contributed by atoms with E-state index >= 15 is 0 Å². The van der Waals surface area contributed by atoms with Crippen LogP contribution < -0.4 is 14.5 Å². The predicted octanol–water partition coefficient (Wildman–Crippen LogP) is 5.44. The molecule has 1 atom stereocenters. The number of methoxy groups -OCH3 is 1. The molecule has 5 heteroatoms. The fourth-order valence-corrected chi connectivity index (χ4v) is 3.95. The highest BCUT2D eigenvalue weighted by Gasteiger charge is 2.33. The van der Waals surface area contributed by atoms with Gasteiger partial charge in [-0.1, -0.05) is 42.5 Å². The Labute approximate surface area is 169 Å². The maximum Gasteiger partial charge on any atom is 0.416 e. The Kier molecular flexibility index (Phi) is 4.02. The van der Waals surface area contributed by atoms with Gasteiger partial charge in [0.05, 0.1) is 18.5 Å². The SMILES string of the molecule is COc1ccc2c(c1)-c1ccccc1N1C=Cc3ccccc3[C@@H]1OC(=O)N2C. The van der Waals surface area contributed by atoms with Crippen LogP contribution in [0.1, 0.15) is 17.4 Å². The van der Waals surface area contributed by atoms with Gasteiger partial charge in [0.1, 0.15) is 5.75 Å². The fraction of sp³-hybridized carbons (Fsp3) is 0.125. The molecule has 0 saturated heterocycles. The Morgan fingerprint density at radius 2 is 1.72 bits per heavy atom. The predicted molar refractivity (Wildman–Crippen MR) is 114 cm³/mol.